The number of aliphatic hydroxyl groups is 1. The second kappa shape index (κ2) is 21.2. The van der Waals surface area contributed by atoms with Crippen LogP contribution in [0.2, 0.25) is 0 Å². The van der Waals surface area contributed by atoms with Gasteiger partial charge in [0.15, 0.2) is 5.69 Å². The van der Waals surface area contributed by atoms with Crippen LogP contribution in [0.15, 0.2) is 12.1 Å². The lowest BCUT2D eigenvalue weighted by Gasteiger charge is -2.12. The summed E-state index contributed by atoms with van der Waals surface area (Å²) in [6.07, 6.45) is 21.0. The first-order valence-corrected chi connectivity index (χ1v) is 12.9. The maximum Gasteiger partial charge on any atom is 0.233 e. The van der Waals surface area contributed by atoms with Crippen LogP contribution in [0, 0.1) is 11.3 Å². The molecule has 0 aromatic carbocycles. The van der Waals surface area contributed by atoms with Crippen molar-refractivity contribution in [2.45, 2.75) is 116 Å². The standard InChI is InChI=1S/C26H45N3O3/c1-2-3-4-5-6-7-8-9-10-11-12-13-14-15-16-17-20-31-22-25(30)23-32-26-19-18-24(21-27)28-29-26/h18-19,25,30H,2-17,20,22-23H2,1H3/t25-/m1/s1. The second-order valence-electron chi connectivity index (χ2n) is 8.71. The van der Waals surface area contributed by atoms with E-state index in [-0.39, 0.29) is 18.9 Å². The zero-order valence-electron chi connectivity index (χ0n) is 20.3. The highest BCUT2D eigenvalue weighted by atomic mass is 16.5. The Morgan fingerprint density at radius 2 is 1.31 bits per heavy atom. The SMILES string of the molecule is CCCCCCCCCCCCCCCCCCOC[C@@H](O)COc1ccc(C#N)nn1. The molecular weight excluding hydrogens is 402 g/mol. The summed E-state index contributed by atoms with van der Waals surface area (Å²) in [7, 11) is 0. The second-order valence-corrected chi connectivity index (χ2v) is 8.71. The number of ether oxygens (including phenoxy) is 2. The van der Waals surface area contributed by atoms with Crippen molar-refractivity contribution >= 4 is 0 Å². The van der Waals surface area contributed by atoms with Gasteiger partial charge in [0.1, 0.15) is 18.8 Å². The molecule has 0 fully saturated rings. The first-order valence-electron chi connectivity index (χ1n) is 12.9. The maximum atomic E-state index is 9.90. The van der Waals surface area contributed by atoms with E-state index in [0.29, 0.717) is 12.5 Å². The van der Waals surface area contributed by atoms with Gasteiger partial charge in [0, 0.05) is 12.7 Å². The van der Waals surface area contributed by atoms with E-state index in [1.807, 2.05) is 6.07 Å². The summed E-state index contributed by atoms with van der Waals surface area (Å²) >= 11 is 0. The third-order valence-corrected chi connectivity index (χ3v) is 5.63. The predicted molar refractivity (Wildman–Crippen MR) is 129 cm³/mol. The highest BCUT2D eigenvalue weighted by Crippen LogP contribution is 2.13. The number of unbranched alkanes of at least 4 members (excludes halogenated alkanes) is 15. The zero-order valence-corrected chi connectivity index (χ0v) is 20.3. The molecule has 1 aromatic rings. The van der Waals surface area contributed by atoms with Crippen LogP contribution >= 0.6 is 0 Å². The Morgan fingerprint density at radius 1 is 0.781 bits per heavy atom. The highest BCUT2D eigenvalue weighted by Gasteiger charge is 2.07. The van der Waals surface area contributed by atoms with Crippen LogP contribution in [0.4, 0.5) is 0 Å². The molecule has 0 spiro atoms. The van der Waals surface area contributed by atoms with Crippen molar-refractivity contribution < 1.29 is 14.6 Å². The minimum absolute atomic E-state index is 0.0968. The van der Waals surface area contributed by atoms with E-state index >= 15 is 0 Å². The molecule has 1 atom stereocenters. The summed E-state index contributed by atoms with van der Waals surface area (Å²) in [5.74, 6) is 0.292. The largest absolute Gasteiger partial charge is 0.474 e. The molecule has 1 N–H and O–H groups in total. The van der Waals surface area contributed by atoms with E-state index in [0.717, 1.165) is 6.42 Å². The zero-order chi connectivity index (χ0) is 23.1. The topological polar surface area (TPSA) is 88.3 Å². The van der Waals surface area contributed by atoms with Gasteiger partial charge in [-0.25, -0.2) is 0 Å². The number of rotatable bonds is 22. The molecule has 0 aliphatic rings. The van der Waals surface area contributed by atoms with Gasteiger partial charge in [0.05, 0.1) is 6.61 Å². The van der Waals surface area contributed by atoms with Crippen LogP contribution in [-0.4, -0.2) is 41.2 Å². The quantitative estimate of drug-likeness (QED) is 0.208. The van der Waals surface area contributed by atoms with Gasteiger partial charge in [0.2, 0.25) is 5.88 Å². The third kappa shape index (κ3) is 16.9. The van der Waals surface area contributed by atoms with Crippen LogP contribution < -0.4 is 4.74 Å². The first-order chi connectivity index (χ1) is 15.8. The van der Waals surface area contributed by atoms with Gasteiger partial charge in [-0.05, 0) is 12.5 Å². The van der Waals surface area contributed by atoms with Gasteiger partial charge in [0.25, 0.3) is 0 Å². The minimum Gasteiger partial charge on any atom is -0.474 e. The van der Waals surface area contributed by atoms with E-state index < -0.39 is 6.10 Å². The molecule has 0 unspecified atom stereocenters. The van der Waals surface area contributed by atoms with E-state index in [1.165, 1.54) is 102 Å². The van der Waals surface area contributed by atoms with Crippen LogP contribution in [-0.2, 0) is 4.74 Å². The Hall–Kier alpha value is -1.71. The Kier molecular flexibility index (Phi) is 18.7. The minimum atomic E-state index is -0.700. The number of aliphatic hydroxyl groups excluding tert-OH is 1. The molecule has 0 amide bonds. The molecule has 0 saturated heterocycles. The van der Waals surface area contributed by atoms with Crippen molar-refractivity contribution in [2.24, 2.45) is 0 Å². The molecule has 0 aliphatic carbocycles. The summed E-state index contributed by atoms with van der Waals surface area (Å²) < 4.78 is 10.9. The van der Waals surface area contributed by atoms with Crippen molar-refractivity contribution in [3.8, 4) is 11.9 Å². The molecule has 6 nitrogen and oxygen atoms in total. The van der Waals surface area contributed by atoms with Gasteiger partial charge in [-0.3, -0.25) is 0 Å². The molecule has 182 valence electrons. The molecule has 0 aliphatic heterocycles. The number of aromatic nitrogens is 2. The maximum absolute atomic E-state index is 9.90. The van der Waals surface area contributed by atoms with E-state index in [2.05, 4.69) is 17.1 Å². The lowest BCUT2D eigenvalue weighted by Crippen LogP contribution is -2.24. The number of nitrogens with zero attached hydrogens (tertiary/aromatic N) is 3. The van der Waals surface area contributed by atoms with Gasteiger partial charge < -0.3 is 14.6 Å². The lowest BCUT2D eigenvalue weighted by atomic mass is 10.0. The van der Waals surface area contributed by atoms with Crippen molar-refractivity contribution in [3.63, 3.8) is 0 Å². The Morgan fingerprint density at radius 3 is 1.78 bits per heavy atom. The Balaban J connectivity index is 1.78. The molecule has 1 rings (SSSR count). The monoisotopic (exact) mass is 447 g/mol. The van der Waals surface area contributed by atoms with E-state index in [4.69, 9.17) is 14.7 Å². The normalized spacial score (nSPS) is 11.9. The van der Waals surface area contributed by atoms with Crippen LogP contribution in [0.1, 0.15) is 115 Å². The Bertz CT molecular complexity index is 575. The fourth-order valence-electron chi connectivity index (χ4n) is 3.66. The Labute approximate surface area is 195 Å². The summed E-state index contributed by atoms with van der Waals surface area (Å²) in [5.41, 5.74) is 0.236. The molecule has 0 bridgehead atoms. The average molecular weight is 448 g/mol. The molecule has 0 radical (unpaired) electrons. The first kappa shape index (κ1) is 28.3. The lowest BCUT2D eigenvalue weighted by molar-refractivity contribution is 0.00991. The van der Waals surface area contributed by atoms with Gasteiger partial charge >= 0.3 is 0 Å². The van der Waals surface area contributed by atoms with Gasteiger partial charge in [-0.2, -0.15) is 5.26 Å². The average Bonchev–Trinajstić information content (AvgIpc) is 2.82. The molecule has 0 saturated carbocycles. The van der Waals surface area contributed by atoms with Gasteiger partial charge in [-0.15, -0.1) is 10.2 Å². The molecule has 32 heavy (non-hydrogen) atoms. The van der Waals surface area contributed by atoms with Crippen molar-refractivity contribution in [2.75, 3.05) is 19.8 Å². The van der Waals surface area contributed by atoms with Crippen molar-refractivity contribution in [1.82, 2.24) is 10.2 Å². The summed E-state index contributed by atoms with van der Waals surface area (Å²) in [4.78, 5) is 0. The van der Waals surface area contributed by atoms with Gasteiger partial charge in [-0.1, -0.05) is 103 Å². The number of nitriles is 1. The molecule has 1 aromatic heterocycles. The third-order valence-electron chi connectivity index (χ3n) is 5.63. The van der Waals surface area contributed by atoms with E-state index in [9.17, 15) is 5.11 Å². The molecule has 1 heterocycles. The van der Waals surface area contributed by atoms with Crippen LogP contribution in [0.25, 0.3) is 0 Å². The summed E-state index contributed by atoms with van der Waals surface area (Å²) in [6, 6.07) is 4.99. The fourth-order valence-corrected chi connectivity index (χ4v) is 3.66. The van der Waals surface area contributed by atoms with Crippen LogP contribution in [0.5, 0.6) is 5.88 Å². The van der Waals surface area contributed by atoms with Crippen molar-refractivity contribution in [1.29, 1.82) is 5.26 Å². The fraction of sp³-hybridized carbons (Fsp3) is 0.808. The summed E-state index contributed by atoms with van der Waals surface area (Å²) in [6.45, 7) is 3.30. The van der Waals surface area contributed by atoms with Crippen molar-refractivity contribution in [3.05, 3.63) is 17.8 Å². The highest BCUT2D eigenvalue weighted by molar-refractivity contribution is 5.21. The summed E-state index contributed by atoms with van der Waals surface area (Å²) in [5, 5.41) is 26.0. The van der Waals surface area contributed by atoms with E-state index in [1.54, 1.807) is 6.07 Å². The number of hydrogen-bond acceptors (Lipinski definition) is 6. The number of hydrogen-bond donors (Lipinski definition) is 1. The van der Waals surface area contributed by atoms with Crippen LogP contribution in [0.3, 0.4) is 0 Å². The molecule has 6 heteroatoms. The molecular formula is C26H45N3O3. The predicted octanol–water partition coefficient (Wildman–Crippen LogP) is 6.37. The smallest absolute Gasteiger partial charge is 0.233 e.